The van der Waals surface area contributed by atoms with Gasteiger partial charge < -0.3 is 14.8 Å². The molecule has 2 aromatic rings. The van der Waals surface area contributed by atoms with E-state index in [4.69, 9.17) is 21.1 Å². The fourth-order valence-electron chi connectivity index (χ4n) is 3.26. The van der Waals surface area contributed by atoms with Crippen LogP contribution < -0.4 is 10.1 Å². The average molecular weight is 481 g/mol. The summed E-state index contributed by atoms with van der Waals surface area (Å²) in [6, 6.07) is 10.5. The Labute approximate surface area is 192 Å². The molecule has 1 fully saturated rings. The van der Waals surface area contributed by atoms with Crippen molar-refractivity contribution in [2.45, 2.75) is 31.1 Å². The lowest BCUT2D eigenvalue weighted by molar-refractivity contribution is -0.118. The number of benzene rings is 2. The van der Waals surface area contributed by atoms with Gasteiger partial charge in [0, 0.05) is 18.8 Å². The Morgan fingerprint density at radius 2 is 1.75 bits per heavy atom. The van der Waals surface area contributed by atoms with Gasteiger partial charge in [-0.2, -0.15) is 4.31 Å². The van der Waals surface area contributed by atoms with Crippen LogP contribution in [0.1, 0.15) is 36.5 Å². The van der Waals surface area contributed by atoms with Crippen molar-refractivity contribution in [3.05, 3.63) is 53.1 Å². The standard InChI is InChI=1S/C22H25ClN2O6S/c1-2-30-22(27)16-6-8-17(9-7-16)24-21(26)15-31-20-11-10-18(14-19(20)23)32(28,29)25-12-4-3-5-13-25/h6-11,14H,2-5,12-13,15H2,1H3,(H,24,26). The van der Waals surface area contributed by atoms with Gasteiger partial charge in [-0.1, -0.05) is 18.0 Å². The van der Waals surface area contributed by atoms with E-state index < -0.39 is 21.9 Å². The first-order valence-electron chi connectivity index (χ1n) is 10.3. The Hall–Kier alpha value is -2.62. The fraction of sp³-hybridized carbons (Fsp3) is 0.364. The molecule has 1 aliphatic rings. The van der Waals surface area contributed by atoms with Gasteiger partial charge in [0.2, 0.25) is 10.0 Å². The number of halogens is 1. The molecule has 2 aromatic carbocycles. The molecule has 0 saturated carbocycles. The normalized spacial score (nSPS) is 14.6. The highest BCUT2D eigenvalue weighted by Crippen LogP contribution is 2.29. The number of amides is 1. The van der Waals surface area contributed by atoms with Crippen LogP contribution in [0.3, 0.4) is 0 Å². The van der Waals surface area contributed by atoms with E-state index in [0.717, 1.165) is 19.3 Å². The van der Waals surface area contributed by atoms with Crippen molar-refractivity contribution in [3.63, 3.8) is 0 Å². The van der Waals surface area contributed by atoms with Crippen LogP contribution in [-0.4, -0.2) is 50.9 Å². The highest BCUT2D eigenvalue weighted by Gasteiger charge is 2.26. The second-order valence-corrected chi connectivity index (χ2v) is 9.54. The van der Waals surface area contributed by atoms with E-state index in [0.29, 0.717) is 24.3 Å². The summed E-state index contributed by atoms with van der Waals surface area (Å²) in [5.41, 5.74) is 0.869. The molecule has 32 heavy (non-hydrogen) atoms. The first-order chi connectivity index (χ1) is 15.3. The minimum atomic E-state index is -3.61. The molecule has 1 N–H and O–H groups in total. The second kappa shape index (κ2) is 10.8. The van der Waals surface area contributed by atoms with E-state index in [-0.39, 0.29) is 28.9 Å². The topological polar surface area (TPSA) is 102 Å². The number of hydrogen-bond acceptors (Lipinski definition) is 6. The van der Waals surface area contributed by atoms with Crippen LogP contribution in [0.4, 0.5) is 5.69 Å². The fourth-order valence-corrected chi connectivity index (χ4v) is 5.10. The zero-order valence-corrected chi connectivity index (χ0v) is 19.2. The van der Waals surface area contributed by atoms with Crippen molar-refractivity contribution in [3.8, 4) is 5.75 Å². The SMILES string of the molecule is CCOC(=O)c1ccc(NC(=O)COc2ccc(S(=O)(=O)N3CCCCC3)cc2Cl)cc1. The lowest BCUT2D eigenvalue weighted by Gasteiger charge is -2.26. The van der Waals surface area contributed by atoms with Crippen LogP contribution in [0.2, 0.25) is 5.02 Å². The lowest BCUT2D eigenvalue weighted by Crippen LogP contribution is -2.35. The Bertz CT molecular complexity index is 1070. The van der Waals surface area contributed by atoms with Gasteiger partial charge in [-0.25, -0.2) is 13.2 Å². The zero-order chi connectivity index (χ0) is 23.1. The van der Waals surface area contributed by atoms with E-state index in [1.54, 1.807) is 31.2 Å². The van der Waals surface area contributed by atoms with E-state index >= 15 is 0 Å². The Kier molecular flexibility index (Phi) is 8.11. The predicted octanol–water partition coefficient (Wildman–Crippen LogP) is 3.71. The van der Waals surface area contributed by atoms with E-state index in [1.165, 1.54) is 22.5 Å². The summed E-state index contributed by atoms with van der Waals surface area (Å²) in [4.78, 5) is 23.9. The molecule has 0 spiro atoms. The molecule has 8 nitrogen and oxygen atoms in total. The zero-order valence-electron chi connectivity index (χ0n) is 17.7. The van der Waals surface area contributed by atoms with Crippen molar-refractivity contribution >= 4 is 39.2 Å². The largest absolute Gasteiger partial charge is 0.482 e. The Morgan fingerprint density at radius 3 is 2.38 bits per heavy atom. The van der Waals surface area contributed by atoms with Crippen LogP contribution >= 0.6 is 11.6 Å². The molecule has 172 valence electrons. The Morgan fingerprint density at radius 1 is 1.06 bits per heavy atom. The van der Waals surface area contributed by atoms with Crippen LogP contribution in [0.5, 0.6) is 5.75 Å². The average Bonchev–Trinajstić information content (AvgIpc) is 2.79. The van der Waals surface area contributed by atoms with Gasteiger partial charge in [-0.05, 0) is 62.2 Å². The number of carbonyl (C=O) groups is 2. The monoisotopic (exact) mass is 480 g/mol. The number of carbonyl (C=O) groups excluding carboxylic acids is 2. The molecule has 0 aromatic heterocycles. The van der Waals surface area contributed by atoms with Gasteiger partial charge in [-0.15, -0.1) is 0 Å². The van der Waals surface area contributed by atoms with Crippen LogP contribution in [0, 0.1) is 0 Å². The number of rotatable bonds is 8. The quantitative estimate of drug-likeness (QED) is 0.578. The number of sulfonamides is 1. The minimum Gasteiger partial charge on any atom is -0.482 e. The van der Waals surface area contributed by atoms with Crippen molar-refractivity contribution < 1.29 is 27.5 Å². The summed E-state index contributed by atoms with van der Waals surface area (Å²) in [5.74, 6) is -0.666. The molecular formula is C22H25ClN2O6S. The van der Waals surface area contributed by atoms with Crippen molar-refractivity contribution in [1.82, 2.24) is 4.31 Å². The number of anilines is 1. The van der Waals surface area contributed by atoms with Gasteiger partial charge in [0.05, 0.1) is 22.1 Å². The second-order valence-electron chi connectivity index (χ2n) is 7.19. The molecule has 0 radical (unpaired) electrons. The molecule has 0 aliphatic carbocycles. The summed E-state index contributed by atoms with van der Waals surface area (Å²) in [7, 11) is -3.61. The maximum atomic E-state index is 12.8. The van der Waals surface area contributed by atoms with E-state index in [1.807, 2.05) is 0 Å². The molecule has 1 amide bonds. The van der Waals surface area contributed by atoms with Gasteiger partial charge in [0.15, 0.2) is 6.61 Å². The van der Waals surface area contributed by atoms with Crippen molar-refractivity contribution in [2.24, 2.45) is 0 Å². The molecule has 0 bridgehead atoms. The van der Waals surface area contributed by atoms with Gasteiger partial charge in [0.25, 0.3) is 5.91 Å². The molecule has 0 unspecified atom stereocenters. The molecule has 10 heteroatoms. The molecule has 3 rings (SSSR count). The molecule has 1 heterocycles. The minimum absolute atomic E-state index is 0.0999. The summed E-state index contributed by atoms with van der Waals surface area (Å²) < 4.78 is 37.3. The summed E-state index contributed by atoms with van der Waals surface area (Å²) in [6.45, 7) is 2.68. The highest BCUT2D eigenvalue weighted by molar-refractivity contribution is 7.89. The number of nitrogens with zero attached hydrogens (tertiary/aromatic N) is 1. The number of piperidine rings is 1. The number of nitrogens with one attached hydrogen (secondary N) is 1. The predicted molar refractivity (Wildman–Crippen MR) is 121 cm³/mol. The summed E-state index contributed by atoms with van der Waals surface area (Å²) in [6.07, 6.45) is 2.71. The maximum Gasteiger partial charge on any atom is 0.338 e. The number of ether oxygens (including phenoxy) is 2. The van der Waals surface area contributed by atoms with Gasteiger partial charge in [0.1, 0.15) is 5.75 Å². The highest BCUT2D eigenvalue weighted by atomic mass is 35.5. The molecule has 0 atom stereocenters. The lowest BCUT2D eigenvalue weighted by atomic mass is 10.2. The van der Waals surface area contributed by atoms with Crippen molar-refractivity contribution in [2.75, 3.05) is 31.6 Å². The van der Waals surface area contributed by atoms with Crippen LogP contribution in [0.25, 0.3) is 0 Å². The van der Waals surface area contributed by atoms with Crippen LogP contribution in [-0.2, 0) is 19.6 Å². The maximum absolute atomic E-state index is 12.8. The van der Waals surface area contributed by atoms with Crippen molar-refractivity contribution in [1.29, 1.82) is 0 Å². The van der Waals surface area contributed by atoms with Gasteiger partial charge in [-0.3, -0.25) is 4.79 Å². The number of esters is 1. The third-order valence-corrected chi connectivity index (χ3v) is 7.08. The molecular weight excluding hydrogens is 456 g/mol. The summed E-state index contributed by atoms with van der Waals surface area (Å²) in [5, 5.41) is 2.75. The third-order valence-electron chi connectivity index (χ3n) is 4.89. The third kappa shape index (κ3) is 5.99. The van der Waals surface area contributed by atoms with E-state index in [9.17, 15) is 18.0 Å². The number of hydrogen-bond donors (Lipinski definition) is 1. The van der Waals surface area contributed by atoms with E-state index in [2.05, 4.69) is 5.32 Å². The first kappa shape index (κ1) is 24.0. The molecule has 1 aliphatic heterocycles. The molecule has 1 saturated heterocycles. The Balaban J connectivity index is 1.57. The van der Waals surface area contributed by atoms with Gasteiger partial charge >= 0.3 is 5.97 Å². The first-order valence-corrected chi connectivity index (χ1v) is 12.1. The smallest absolute Gasteiger partial charge is 0.338 e. The summed E-state index contributed by atoms with van der Waals surface area (Å²) >= 11 is 6.21. The van der Waals surface area contributed by atoms with Crippen LogP contribution in [0.15, 0.2) is 47.4 Å².